The van der Waals surface area contributed by atoms with Gasteiger partial charge in [0.1, 0.15) is 0 Å². The van der Waals surface area contributed by atoms with E-state index in [4.69, 9.17) is 4.43 Å². The van der Waals surface area contributed by atoms with E-state index in [0.29, 0.717) is 5.04 Å². The van der Waals surface area contributed by atoms with E-state index >= 15 is 0 Å². The van der Waals surface area contributed by atoms with Crippen molar-refractivity contribution in [1.29, 1.82) is 0 Å². The van der Waals surface area contributed by atoms with E-state index in [1.165, 1.54) is 6.42 Å². The first-order chi connectivity index (χ1) is 5.81. The Morgan fingerprint density at radius 3 is 1.93 bits per heavy atom. The average Bonchev–Trinajstić information content (AvgIpc) is 1.96. The van der Waals surface area contributed by atoms with Crippen LogP contribution >= 0.6 is 0 Å². The zero-order valence-electron chi connectivity index (χ0n) is 11.0. The molecule has 0 radical (unpaired) electrons. The van der Waals surface area contributed by atoms with Gasteiger partial charge in [0.2, 0.25) is 0 Å². The third-order valence-electron chi connectivity index (χ3n) is 2.91. The van der Waals surface area contributed by atoms with Gasteiger partial charge in [-0.2, -0.15) is 6.42 Å². The fraction of sp³-hybridized carbons (Fsp3) is 0.909. The van der Waals surface area contributed by atoms with Crippen LogP contribution < -0.4 is 12.4 Å². The van der Waals surface area contributed by atoms with E-state index in [2.05, 4.69) is 40.8 Å². The third kappa shape index (κ3) is 8.98. The molecule has 0 rings (SSSR count). The average molecular weight is 261 g/mol. The predicted octanol–water partition coefficient (Wildman–Crippen LogP) is 0.636. The summed E-state index contributed by atoms with van der Waals surface area (Å²) in [7, 11) is -1.48. The van der Waals surface area contributed by atoms with Crippen molar-refractivity contribution in [3.8, 4) is 0 Å². The minimum absolute atomic E-state index is 0. The van der Waals surface area contributed by atoms with Crippen LogP contribution in [0.3, 0.4) is 0 Å². The van der Waals surface area contributed by atoms with Gasteiger partial charge in [-0.15, -0.1) is 0 Å². The Morgan fingerprint density at radius 2 is 1.60 bits per heavy atom. The summed E-state index contributed by atoms with van der Waals surface area (Å²) in [6.07, 6.45) is 3.38. The summed E-state index contributed by atoms with van der Waals surface area (Å²) >= 11 is 0. The molecule has 0 amide bonds. The smallest absolute Gasteiger partial charge is 1.00 e. The van der Waals surface area contributed by atoms with Crippen LogP contribution in [-0.2, 0) is 4.43 Å². The van der Waals surface area contributed by atoms with E-state index in [0.717, 1.165) is 19.4 Å². The number of unbranched alkanes of at least 4 members (excludes halogenated alkanes) is 2. The fourth-order valence-corrected chi connectivity index (χ4v) is 1.91. The minimum atomic E-state index is -1.48. The molecule has 0 aliphatic rings. The Labute approximate surface area is 119 Å². The maximum atomic E-state index is 6.01. The third-order valence-corrected chi connectivity index (χ3v) is 7.45. The molecule has 0 saturated heterocycles. The van der Waals surface area contributed by atoms with Crippen molar-refractivity contribution < 1.29 is 16.8 Å². The van der Waals surface area contributed by atoms with Crippen LogP contribution in [0.15, 0.2) is 0 Å². The zero-order chi connectivity index (χ0) is 10.5. The molecular formula is C11H25ClMgOSi. The second-order valence-corrected chi connectivity index (χ2v) is 9.98. The Balaban J connectivity index is -0.000000720. The molecule has 0 N–H and O–H groups in total. The molecule has 0 aliphatic heterocycles. The normalized spacial score (nSPS) is 11.6. The summed E-state index contributed by atoms with van der Waals surface area (Å²) in [4.78, 5) is 0. The maximum absolute atomic E-state index is 6.01. The maximum Gasteiger partial charge on any atom is 2.00 e. The van der Waals surface area contributed by atoms with E-state index in [1.54, 1.807) is 0 Å². The van der Waals surface area contributed by atoms with E-state index in [1.807, 2.05) is 0 Å². The standard InChI is InChI=1S/C11H25OSi.ClH.Mg/c1-7-8-9-10-12-13(5,6)11(2,3)4;;/h1,7-10H2,2-6H3;1H;/q-1;;+2/p-1. The predicted molar refractivity (Wildman–Crippen MR) is 68.1 cm³/mol. The van der Waals surface area contributed by atoms with Gasteiger partial charge in [-0.25, -0.2) is 0 Å². The van der Waals surface area contributed by atoms with Gasteiger partial charge < -0.3 is 23.8 Å². The molecule has 0 aromatic heterocycles. The second kappa shape index (κ2) is 9.28. The largest absolute Gasteiger partial charge is 2.00 e. The molecule has 0 aromatic rings. The molecule has 0 saturated carbocycles. The first-order valence-electron chi connectivity index (χ1n) is 5.24. The molecule has 4 heteroatoms. The molecule has 0 atom stereocenters. The molecule has 88 valence electrons. The zero-order valence-corrected chi connectivity index (χ0v) is 14.2. The summed E-state index contributed by atoms with van der Waals surface area (Å²) in [6, 6.07) is 0. The van der Waals surface area contributed by atoms with Crippen LogP contribution in [0.1, 0.15) is 40.0 Å². The van der Waals surface area contributed by atoms with Crippen LogP contribution in [-0.4, -0.2) is 38.0 Å². The van der Waals surface area contributed by atoms with Crippen molar-refractivity contribution in [2.45, 2.75) is 58.2 Å². The number of hydrogen-bond acceptors (Lipinski definition) is 1. The fourth-order valence-electron chi connectivity index (χ4n) is 0.823. The quantitative estimate of drug-likeness (QED) is 0.401. The summed E-state index contributed by atoms with van der Waals surface area (Å²) in [6.45, 7) is 16.2. The van der Waals surface area contributed by atoms with Crippen LogP contribution in [0.5, 0.6) is 0 Å². The number of hydrogen-bond donors (Lipinski definition) is 0. The monoisotopic (exact) mass is 260 g/mol. The van der Waals surface area contributed by atoms with Crippen LogP contribution in [0.4, 0.5) is 0 Å². The molecule has 0 fully saturated rings. The van der Waals surface area contributed by atoms with Gasteiger partial charge in [0.25, 0.3) is 0 Å². The van der Waals surface area contributed by atoms with Gasteiger partial charge in [0.05, 0.1) is 0 Å². The number of rotatable bonds is 5. The molecule has 0 bridgehead atoms. The first-order valence-corrected chi connectivity index (χ1v) is 8.15. The molecule has 0 heterocycles. The Bertz CT molecular complexity index is 146. The van der Waals surface area contributed by atoms with Gasteiger partial charge >= 0.3 is 23.1 Å². The van der Waals surface area contributed by atoms with Crippen molar-refractivity contribution in [2.24, 2.45) is 0 Å². The summed E-state index contributed by atoms with van der Waals surface area (Å²) in [5.74, 6) is 0. The Hall–Kier alpha value is 1.23. The Kier molecular flexibility index (Phi) is 13.3. The van der Waals surface area contributed by atoms with E-state index in [-0.39, 0.29) is 35.5 Å². The van der Waals surface area contributed by atoms with Crippen molar-refractivity contribution >= 4 is 31.4 Å². The van der Waals surface area contributed by atoms with Crippen LogP contribution in [0.25, 0.3) is 0 Å². The van der Waals surface area contributed by atoms with Gasteiger partial charge in [-0.05, 0) is 24.6 Å². The van der Waals surface area contributed by atoms with Crippen LogP contribution in [0.2, 0.25) is 18.1 Å². The summed E-state index contributed by atoms with van der Waals surface area (Å²) in [5.41, 5.74) is 0. The van der Waals surface area contributed by atoms with Gasteiger partial charge in [-0.3, -0.25) is 0 Å². The van der Waals surface area contributed by atoms with Crippen molar-refractivity contribution in [3.63, 3.8) is 0 Å². The second-order valence-electron chi connectivity index (χ2n) is 5.17. The van der Waals surface area contributed by atoms with E-state index in [9.17, 15) is 0 Å². The molecule has 0 spiro atoms. The molecule has 0 unspecified atom stereocenters. The van der Waals surface area contributed by atoms with Gasteiger partial charge in [0.15, 0.2) is 8.32 Å². The van der Waals surface area contributed by atoms with E-state index < -0.39 is 8.32 Å². The van der Waals surface area contributed by atoms with Crippen molar-refractivity contribution in [3.05, 3.63) is 6.92 Å². The summed E-state index contributed by atoms with van der Waals surface area (Å²) < 4.78 is 6.01. The van der Waals surface area contributed by atoms with Crippen molar-refractivity contribution in [2.75, 3.05) is 6.61 Å². The molecular weight excluding hydrogens is 236 g/mol. The molecule has 0 aliphatic carbocycles. The minimum Gasteiger partial charge on any atom is -1.00 e. The van der Waals surface area contributed by atoms with Gasteiger partial charge in [-0.1, -0.05) is 27.2 Å². The SMILES string of the molecule is [CH2-]CCCCO[Si](C)(C)C(C)(C)C.[Cl-].[Mg+2]. The number of halogens is 1. The van der Waals surface area contributed by atoms with Gasteiger partial charge in [0, 0.05) is 6.61 Å². The van der Waals surface area contributed by atoms with Crippen LogP contribution in [0, 0.1) is 6.92 Å². The summed E-state index contributed by atoms with van der Waals surface area (Å²) in [5, 5.41) is 0.345. The Morgan fingerprint density at radius 1 is 1.13 bits per heavy atom. The van der Waals surface area contributed by atoms with Crippen molar-refractivity contribution in [1.82, 2.24) is 0 Å². The molecule has 15 heavy (non-hydrogen) atoms. The topological polar surface area (TPSA) is 9.23 Å². The first kappa shape index (κ1) is 21.5. The molecule has 0 aromatic carbocycles. The molecule has 1 nitrogen and oxygen atoms in total.